The second-order valence-electron chi connectivity index (χ2n) is 4.15. The van der Waals surface area contributed by atoms with Gasteiger partial charge in [-0.05, 0) is 13.8 Å². The summed E-state index contributed by atoms with van der Waals surface area (Å²) >= 11 is -0.266. The SMILES string of the molecule is Cc1cc[c]([Mg][c]2ccc(C)cc2)cc1.[MgH2]. The Kier molecular flexibility index (Phi) is 5.83. The third-order valence-corrected chi connectivity index (χ3v) is 4.41. The van der Waals surface area contributed by atoms with Gasteiger partial charge < -0.3 is 0 Å². The minimum atomic E-state index is -0.266. The van der Waals surface area contributed by atoms with Gasteiger partial charge in [0, 0.05) is 0 Å². The third kappa shape index (κ3) is 4.09. The zero-order chi connectivity index (χ0) is 10.7. The molecule has 76 valence electrons. The van der Waals surface area contributed by atoms with Crippen LogP contribution in [0.5, 0.6) is 0 Å². The van der Waals surface area contributed by atoms with Crippen molar-refractivity contribution in [2.75, 3.05) is 0 Å². The maximum absolute atomic E-state index is 2.27. The van der Waals surface area contributed by atoms with Gasteiger partial charge in [0.05, 0.1) is 0 Å². The van der Waals surface area contributed by atoms with Crippen LogP contribution in [0, 0.1) is 13.8 Å². The van der Waals surface area contributed by atoms with Crippen LogP contribution in [0.3, 0.4) is 0 Å². The Bertz CT molecular complexity index is 386. The van der Waals surface area contributed by atoms with Crippen LogP contribution < -0.4 is 7.39 Å². The molecule has 2 rings (SSSR count). The molecule has 0 spiro atoms. The van der Waals surface area contributed by atoms with Gasteiger partial charge in [-0.2, -0.15) is 7.39 Å². The van der Waals surface area contributed by atoms with E-state index in [0.717, 1.165) is 0 Å². The minimum Gasteiger partial charge on any atom is -0.165 e. The first kappa shape index (κ1) is 14.0. The summed E-state index contributed by atoms with van der Waals surface area (Å²) < 4.78 is 3.04. The van der Waals surface area contributed by atoms with E-state index in [0.29, 0.717) is 0 Å². The standard InChI is InChI=1S/2C7H7.2Mg.2H/c2*1-7-5-3-2-4-6-7;;;;/h2*3-6H,1H3;;;;. The molecule has 2 aromatic carbocycles. The van der Waals surface area contributed by atoms with Crippen molar-refractivity contribution < 1.29 is 0 Å². The van der Waals surface area contributed by atoms with Crippen LogP contribution in [0.25, 0.3) is 0 Å². The van der Waals surface area contributed by atoms with Crippen molar-refractivity contribution >= 4 is 50.8 Å². The zero-order valence-electron chi connectivity index (χ0n) is 9.33. The number of hydrogen-bond acceptors (Lipinski definition) is 0. The van der Waals surface area contributed by atoms with Crippen LogP contribution in [-0.4, -0.2) is 43.4 Å². The molecule has 0 fully saturated rings. The number of benzene rings is 2. The first-order valence-corrected chi connectivity index (χ1v) is 6.76. The van der Waals surface area contributed by atoms with Crippen LogP contribution in [0.1, 0.15) is 11.1 Å². The fraction of sp³-hybridized carbons (Fsp3) is 0.143. The first-order valence-electron chi connectivity index (χ1n) is 5.35. The molecule has 16 heavy (non-hydrogen) atoms. The number of hydrogen-bond donors (Lipinski definition) is 0. The molecule has 0 saturated heterocycles. The van der Waals surface area contributed by atoms with Crippen molar-refractivity contribution in [2.24, 2.45) is 0 Å². The van der Waals surface area contributed by atoms with Crippen molar-refractivity contribution in [1.29, 1.82) is 0 Å². The summed E-state index contributed by atoms with van der Waals surface area (Å²) in [6.45, 7) is 4.27. The molecule has 2 aromatic rings. The summed E-state index contributed by atoms with van der Waals surface area (Å²) in [6, 6.07) is 17.9. The highest BCUT2D eigenvalue weighted by molar-refractivity contribution is 6.67. The fourth-order valence-corrected chi connectivity index (χ4v) is 3.06. The molecule has 0 unspecified atom stereocenters. The summed E-state index contributed by atoms with van der Waals surface area (Å²) in [7, 11) is 0. The molecule has 0 aromatic heterocycles. The summed E-state index contributed by atoms with van der Waals surface area (Å²) in [5.74, 6) is 0. The molecule has 0 radical (unpaired) electrons. The summed E-state index contributed by atoms with van der Waals surface area (Å²) in [4.78, 5) is 0. The van der Waals surface area contributed by atoms with Crippen LogP contribution >= 0.6 is 0 Å². The van der Waals surface area contributed by atoms with Gasteiger partial charge >= 0.3 is 43.4 Å². The molecule has 0 heterocycles. The molecule has 0 amide bonds. The largest absolute Gasteiger partial charge is 0.450 e. The van der Waals surface area contributed by atoms with Gasteiger partial charge in [0.2, 0.25) is 0 Å². The van der Waals surface area contributed by atoms with E-state index in [9.17, 15) is 0 Å². The average molecular weight is 233 g/mol. The van der Waals surface area contributed by atoms with Crippen LogP contribution in [0.15, 0.2) is 48.5 Å². The lowest BCUT2D eigenvalue weighted by Gasteiger charge is -2.01. The fourth-order valence-electron chi connectivity index (χ4n) is 1.65. The Labute approximate surface area is 123 Å². The lowest BCUT2D eigenvalue weighted by Crippen LogP contribution is -2.26. The van der Waals surface area contributed by atoms with Gasteiger partial charge in [-0.15, -0.1) is 0 Å². The Hall–Kier alpha value is -0.0275. The topological polar surface area (TPSA) is 0 Å². The van der Waals surface area contributed by atoms with Gasteiger partial charge in [0.15, 0.2) is 0 Å². The quantitative estimate of drug-likeness (QED) is 0.680. The normalized spacial score (nSPS) is 9.12. The van der Waals surface area contributed by atoms with Crippen LogP contribution in [-0.2, 0) is 0 Å². The highest BCUT2D eigenvalue weighted by atomic mass is 24.5. The summed E-state index contributed by atoms with van der Waals surface area (Å²) in [6.07, 6.45) is 0. The minimum absolute atomic E-state index is 0. The van der Waals surface area contributed by atoms with Crippen LogP contribution in [0.4, 0.5) is 0 Å². The number of aryl methyl sites for hydroxylation is 2. The highest BCUT2D eigenvalue weighted by Crippen LogP contribution is 1.94. The Morgan fingerprint density at radius 1 is 0.625 bits per heavy atom. The molecule has 0 nitrogen and oxygen atoms in total. The van der Waals surface area contributed by atoms with E-state index in [1.54, 1.807) is 0 Å². The summed E-state index contributed by atoms with van der Waals surface area (Å²) in [5, 5.41) is 0. The molecule has 2 heteroatoms. The van der Waals surface area contributed by atoms with Crippen LogP contribution in [0.2, 0.25) is 0 Å². The lowest BCUT2D eigenvalue weighted by molar-refractivity contribution is 1.48. The predicted octanol–water partition coefficient (Wildman–Crippen LogP) is 1.04. The monoisotopic (exact) mass is 232 g/mol. The smallest absolute Gasteiger partial charge is 0.165 e. The van der Waals surface area contributed by atoms with Gasteiger partial charge in [0.25, 0.3) is 0 Å². The van der Waals surface area contributed by atoms with Gasteiger partial charge in [-0.1, -0.05) is 59.7 Å². The highest BCUT2D eigenvalue weighted by Gasteiger charge is 2.01. The molecular weight excluding hydrogens is 217 g/mol. The van der Waals surface area contributed by atoms with Crippen molar-refractivity contribution in [1.82, 2.24) is 0 Å². The molecule has 0 aliphatic heterocycles. The van der Waals surface area contributed by atoms with Gasteiger partial charge in [-0.3, -0.25) is 0 Å². The zero-order valence-corrected chi connectivity index (χ0v) is 10.7. The van der Waals surface area contributed by atoms with E-state index in [4.69, 9.17) is 0 Å². The molecule has 0 saturated carbocycles. The lowest BCUT2D eigenvalue weighted by atomic mass is 10.2. The van der Waals surface area contributed by atoms with E-state index >= 15 is 0 Å². The van der Waals surface area contributed by atoms with Gasteiger partial charge in [0.1, 0.15) is 0 Å². The Morgan fingerprint density at radius 3 is 1.25 bits per heavy atom. The van der Waals surface area contributed by atoms with Crippen molar-refractivity contribution in [3.05, 3.63) is 59.7 Å². The third-order valence-electron chi connectivity index (χ3n) is 2.65. The van der Waals surface area contributed by atoms with E-state index < -0.39 is 0 Å². The second kappa shape index (κ2) is 6.65. The second-order valence-corrected chi connectivity index (χ2v) is 6.13. The van der Waals surface area contributed by atoms with E-state index in [1.807, 2.05) is 0 Å². The Morgan fingerprint density at radius 2 is 0.938 bits per heavy atom. The maximum atomic E-state index is 2.27. The van der Waals surface area contributed by atoms with E-state index in [2.05, 4.69) is 62.4 Å². The molecule has 0 N–H and O–H groups in total. The molecule has 0 aliphatic rings. The van der Waals surface area contributed by atoms with Crippen molar-refractivity contribution in [3.8, 4) is 0 Å². The van der Waals surface area contributed by atoms with E-state index in [1.165, 1.54) is 18.5 Å². The van der Waals surface area contributed by atoms with Crippen molar-refractivity contribution in [2.45, 2.75) is 13.8 Å². The number of rotatable bonds is 2. The molecule has 0 aliphatic carbocycles. The molecule has 0 atom stereocenters. The maximum Gasteiger partial charge on any atom is 0.450 e. The molecule has 0 bridgehead atoms. The Balaban J connectivity index is 0.00000128. The first-order chi connectivity index (χ1) is 7.24. The average Bonchev–Trinajstić information content (AvgIpc) is 2.25. The van der Waals surface area contributed by atoms with Crippen molar-refractivity contribution in [3.63, 3.8) is 0 Å². The van der Waals surface area contributed by atoms with Gasteiger partial charge in [-0.25, -0.2) is 0 Å². The van der Waals surface area contributed by atoms with E-state index in [-0.39, 0.29) is 43.4 Å². The molecular formula is C14H16Mg2. The predicted molar refractivity (Wildman–Crippen MR) is 75.9 cm³/mol. The summed E-state index contributed by atoms with van der Waals surface area (Å²) in [5.41, 5.74) is 2.69.